The topological polar surface area (TPSA) is 59.7 Å². The fourth-order valence-electron chi connectivity index (χ4n) is 2.32. The molecule has 3 rings (SSSR count). The minimum atomic E-state index is -1.10. The van der Waals surface area contributed by atoms with Crippen molar-refractivity contribution in [3.8, 4) is 16.9 Å². The SMILES string of the molecule is Cc1oc(C(=O)O)cc1COc1ccc(-c2ccc(F)cc2)cc1. The molecule has 0 amide bonds. The molecule has 5 heteroatoms. The number of rotatable bonds is 5. The molecule has 1 aromatic heterocycles. The van der Waals surface area contributed by atoms with Crippen LogP contribution in [0, 0.1) is 12.7 Å². The highest BCUT2D eigenvalue weighted by Crippen LogP contribution is 2.24. The van der Waals surface area contributed by atoms with Gasteiger partial charge in [0.25, 0.3) is 0 Å². The highest BCUT2D eigenvalue weighted by atomic mass is 19.1. The normalized spacial score (nSPS) is 10.6. The number of carbonyl (C=O) groups is 1. The van der Waals surface area contributed by atoms with E-state index in [9.17, 15) is 9.18 Å². The Morgan fingerprint density at radius 3 is 2.21 bits per heavy atom. The molecule has 0 bridgehead atoms. The summed E-state index contributed by atoms with van der Waals surface area (Å²) in [5, 5.41) is 8.91. The monoisotopic (exact) mass is 326 g/mol. The Morgan fingerprint density at radius 2 is 1.67 bits per heavy atom. The van der Waals surface area contributed by atoms with Crippen molar-refractivity contribution in [3.63, 3.8) is 0 Å². The van der Waals surface area contributed by atoms with Crippen molar-refractivity contribution in [2.45, 2.75) is 13.5 Å². The predicted octanol–water partition coefficient (Wildman–Crippen LogP) is 4.67. The lowest BCUT2D eigenvalue weighted by Crippen LogP contribution is -1.96. The van der Waals surface area contributed by atoms with Crippen LogP contribution < -0.4 is 4.74 Å². The number of carboxylic acids is 1. The van der Waals surface area contributed by atoms with Crippen LogP contribution in [-0.4, -0.2) is 11.1 Å². The average molecular weight is 326 g/mol. The quantitative estimate of drug-likeness (QED) is 0.740. The van der Waals surface area contributed by atoms with E-state index in [0.717, 1.165) is 11.1 Å². The lowest BCUT2D eigenvalue weighted by Gasteiger charge is -2.07. The van der Waals surface area contributed by atoms with E-state index in [0.29, 0.717) is 17.1 Å². The van der Waals surface area contributed by atoms with Gasteiger partial charge in [0.1, 0.15) is 23.9 Å². The van der Waals surface area contributed by atoms with E-state index in [1.165, 1.54) is 18.2 Å². The maximum Gasteiger partial charge on any atom is 0.371 e. The molecule has 3 aromatic rings. The van der Waals surface area contributed by atoms with Gasteiger partial charge in [-0.1, -0.05) is 24.3 Å². The van der Waals surface area contributed by atoms with Crippen LogP contribution in [0.2, 0.25) is 0 Å². The van der Waals surface area contributed by atoms with E-state index in [4.69, 9.17) is 14.3 Å². The van der Waals surface area contributed by atoms with Crippen LogP contribution in [0.4, 0.5) is 4.39 Å². The summed E-state index contributed by atoms with van der Waals surface area (Å²) in [5.74, 6) is -0.297. The number of hydrogen-bond donors (Lipinski definition) is 1. The Kier molecular flexibility index (Phi) is 4.33. The fraction of sp³-hybridized carbons (Fsp3) is 0.105. The first-order chi connectivity index (χ1) is 11.5. The Hall–Kier alpha value is -3.08. The summed E-state index contributed by atoms with van der Waals surface area (Å²) in [7, 11) is 0. The summed E-state index contributed by atoms with van der Waals surface area (Å²) in [4.78, 5) is 10.9. The third kappa shape index (κ3) is 3.46. The van der Waals surface area contributed by atoms with Gasteiger partial charge in [-0.25, -0.2) is 9.18 Å². The molecule has 0 saturated heterocycles. The van der Waals surface area contributed by atoms with Gasteiger partial charge in [0.15, 0.2) is 0 Å². The number of hydrogen-bond acceptors (Lipinski definition) is 3. The van der Waals surface area contributed by atoms with Crippen molar-refractivity contribution in [1.82, 2.24) is 0 Å². The van der Waals surface area contributed by atoms with Crippen molar-refractivity contribution in [1.29, 1.82) is 0 Å². The summed E-state index contributed by atoms with van der Waals surface area (Å²) in [5.41, 5.74) is 2.56. The van der Waals surface area contributed by atoms with Gasteiger partial charge in [0.2, 0.25) is 5.76 Å². The minimum Gasteiger partial charge on any atom is -0.489 e. The number of ether oxygens (including phenoxy) is 1. The number of aromatic carboxylic acids is 1. The first-order valence-corrected chi connectivity index (χ1v) is 7.34. The van der Waals surface area contributed by atoms with E-state index in [-0.39, 0.29) is 18.2 Å². The molecule has 0 radical (unpaired) electrons. The maximum absolute atomic E-state index is 12.9. The average Bonchev–Trinajstić information content (AvgIpc) is 2.95. The zero-order valence-electron chi connectivity index (χ0n) is 13.0. The smallest absolute Gasteiger partial charge is 0.371 e. The zero-order valence-corrected chi connectivity index (χ0v) is 13.0. The van der Waals surface area contributed by atoms with Crippen LogP contribution in [0.5, 0.6) is 5.75 Å². The van der Waals surface area contributed by atoms with Crippen LogP contribution >= 0.6 is 0 Å². The molecule has 0 unspecified atom stereocenters. The lowest BCUT2D eigenvalue weighted by atomic mass is 10.1. The van der Waals surface area contributed by atoms with Crippen LogP contribution in [0.25, 0.3) is 11.1 Å². The van der Waals surface area contributed by atoms with Crippen molar-refractivity contribution in [3.05, 3.63) is 77.5 Å². The van der Waals surface area contributed by atoms with E-state index in [1.54, 1.807) is 19.1 Å². The molecule has 122 valence electrons. The Labute approximate surface area is 138 Å². The van der Waals surface area contributed by atoms with Crippen LogP contribution in [0.15, 0.2) is 59.0 Å². The first-order valence-electron chi connectivity index (χ1n) is 7.34. The van der Waals surface area contributed by atoms with Crippen LogP contribution in [0.3, 0.4) is 0 Å². The second kappa shape index (κ2) is 6.58. The molecule has 0 aliphatic rings. The van der Waals surface area contributed by atoms with Gasteiger partial charge in [0, 0.05) is 5.56 Å². The lowest BCUT2D eigenvalue weighted by molar-refractivity contribution is 0.0661. The predicted molar refractivity (Wildman–Crippen MR) is 86.6 cm³/mol. The maximum atomic E-state index is 12.9. The minimum absolute atomic E-state index is 0.0993. The molecule has 0 aliphatic carbocycles. The van der Waals surface area contributed by atoms with Crippen LogP contribution in [0.1, 0.15) is 21.9 Å². The summed E-state index contributed by atoms with van der Waals surface area (Å²) in [6.45, 7) is 1.92. The van der Waals surface area contributed by atoms with Crippen LogP contribution in [-0.2, 0) is 6.61 Å². The molecule has 0 fully saturated rings. The van der Waals surface area contributed by atoms with Gasteiger partial charge in [-0.2, -0.15) is 0 Å². The van der Waals surface area contributed by atoms with Gasteiger partial charge in [0.05, 0.1) is 0 Å². The molecule has 2 aromatic carbocycles. The molecule has 0 aliphatic heterocycles. The standard InChI is InChI=1S/C19H15FO4/c1-12-15(10-18(24-12)19(21)22)11-23-17-8-4-14(5-9-17)13-2-6-16(20)7-3-13/h2-10H,11H2,1H3,(H,21,22). The fourth-order valence-corrected chi connectivity index (χ4v) is 2.32. The molecule has 0 spiro atoms. The van der Waals surface area contributed by atoms with Gasteiger partial charge < -0.3 is 14.3 Å². The molecule has 24 heavy (non-hydrogen) atoms. The van der Waals surface area contributed by atoms with Gasteiger partial charge in [-0.05, 0) is 48.4 Å². The van der Waals surface area contributed by atoms with E-state index < -0.39 is 5.97 Å². The molecular weight excluding hydrogens is 311 g/mol. The summed E-state index contributed by atoms with van der Waals surface area (Å²) in [6, 6.07) is 15.1. The second-order valence-electron chi connectivity index (χ2n) is 5.32. The molecule has 1 N–H and O–H groups in total. The Balaban J connectivity index is 1.68. The van der Waals surface area contributed by atoms with Crippen molar-refractivity contribution in [2.75, 3.05) is 0 Å². The molecule has 0 saturated carbocycles. The summed E-state index contributed by atoms with van der Waals surface area (Å²) < 4.78 is 23.8. The number of aryl methyl sites for hydroxylation is 1. The number of benzene rings is 2. The highest BCUT2D eigenvalue weighted by molar-refractivity contribution is 5.84. The Morgan fingerprint density at radius 1 is 1.08 bits per heavy atom. The molecule has 1 heterocycles. The van der Waals surface area contributed by atoms with Crippen molar-refractivity contribution < 1.29 is 23.4 Å². The number of halogens is 1. The third-order valence-corrected chi connectivity index (χ3v) is 3.66. The number of furan rings is 1. The van der Waals surface area contributed by atoms with Crippen molar-refractivity contribution in [2.24, 2.45) is 0 Å². The van der Waals surface area contributed by atoms with E-state index >= 15 is 0 Å². The Bertz CT molecular complexity index is 848. The first kappa shape index (κ1) is 15.8. The van der Waals surface area contributed by atoms with E-state index in [1.807, 2.05) is 24.3 Å². The molecular formula is C19H15FO4. The summed E-state index contributed by atoms with van der Waals surface area (Å²) in [6.07, 6.45) is 0. The zero-order chi connectivity index (χ0) is 17.1. The van der Waals surface area contributed by atoms with Gasteiger partial charge >= 0.3 is 5.97 Å². The highest BCUT2D eigenvalue weighted by Gasteiger charge is 2.13. The van der Waals surface area contributed by atoms with Gasteiger partial charge in [-0.15, -0.1) is 0 Å². The third-order valence-electron chi connectivity index (χ3n) is 3.66. The summed E-state index contributed by atoms with van der Waals surface area (Å²) >= 11 is 0. The van der Waals surface area contributed by atoms with E-state index in [2.05, 4.69) is 0 Å². The number of carboxylic acid groups (broad SMARTS) is 1. The van der Waals surface area contributed by atoms with Gasteiger partial charge in [-0.3, -0.25) is 0 Å². The van der Waals surface area contributed by atoms with Crippen molar-refractivity contribution >= 4 is 5.97 Å². The largest absolute Gasteiger partial charge is 0.489 e. The second-order valence-corrected chi connectivity index (χ2v) is 5.32. The molecule has 0 atom stereocenters. The molecule has 4 nitrogen and oxygen atoms in total.